The van der Waals surface area contributed by atoms with Gasteiger partial charge in [-0.1, -0.05) is 6.07 Å². The molecule has 0 unspecified atom stereocenters. The molecule has 0 amide bonds. The summed E-state index contributed by atoms with van der Waals surface area (Å²) in [6, 6.07) is 5.61. The first kappa shape index (κ1) is 11.0. The lowest BCUT2D eigenvalue weighted by Crippen LogP contribution is -2.43. The number of hydrogen-bond donors (Lipinski definition) is 0. The Hall–Kier alpha value is -1.16. The Bertz CT molecular complexity index is 386. The zero-order valence-electron chi connectivity index (χ0n) is 9.81. The smallest absolute Gasteiger partial charge is 0.213 e. The summed E-state index contributed by atoms with van der Waals surface area (Å²) in [5.41, 5.74) is -0.0725. The van der Waals surface area contributed by atoms with E-state index in [-0.39, 0.29) is 5.54 Å². The maximum Gasteiger partial charge on any atom is 0.213 e. The third-order valence-electron chi connectivity index (χ3n) is 3.89. The first-order valence-corrected chi connectivity index (χ1v) is 6.21. The largest absolute Gasteiger partial charge is 0.476 e. The number of aromatic nitrogens is 1. The van der Waals surface area contributed by atoms with Crippen molar-refractivity contribution >= 4 is 0 Å². The lowest BCUT2D eigenvalue weighted by Gasteiger charge is -2.30. The second-order valence-corrected chi connectivity index (χ2v) is 5.03. The minimum atomic E-state index is -0.692. The van der Waals surface area contributed by atoms with Gasteiger partial charge < -0.3 is 4.74 Å². The van der Waals surface area contributed by atoms with Crippen molar-refractivity contribution < 1.29 is 9.13 Å². The van der Waals surface area contributed by atoms with Crippen molar-refractivity contribution in [2.24, 2.45) is 0 Å². The Balaban J connectivity index is 1.68. The summed E-state index contributed by atoms with van der Waals surface area (Å²) < 4.78 is 19.2. The van der Waals surface area contributed by atoms with Crippen molar-refractivity contribution in [1.29, 1.82) is 0 Å². The fraction of sp³-hybridized carbons (Fsp3) is 0.615. The highest BCUT2D eigenvalue weighted by Gasteiger charge is 2.49. The molecule has 2 atom stereocenters. The molecule has 0 N–H and O–H groups in total. The van der Waals surface area contributed by atoms with Gasteiger partial charge in [-0.2, -0.15) is 0 Å². The van der Waals surface area contributed by atoms with Crippen LogP contribution in [0.3, 0.4) is 0 Å². The van der Waals surface area contributed by atoms with E-state index in [1.165, 1.54) is 0 Å². The Morgan fingerprint density at radius 1 is 1.53 bits per heavy atom. The predicted octanol–water partition coefficient (Wildman–Crippen LogP) is 2.04. The number of pyridine rings is 1. The molecule has 2 fully saturated rings. The highest BCUT2D eigenvalue weighted by atomic mass is 19.1. The Kier molecular flexibility index (Phi) is 2.74. The van der Waals surface area contributed by atoms with Crippen molar-refractivity contribution in [3.8, 4) is 5.88 Å². The first-order valence-electron chi connectivity index (χ1n) is 6.21. The molecule has 0 aromatic carbocycles. The fourth-order valence-corrected chi connectivity index (χ4v) is 3.09. The van der Waals surface area contributed by atoms with Gasteiger partial charge in [0.05, 0.1) is 5.54 Å². The van der Waals surface area contributed by atoms with E-state index in [9.17, 15) is 4.39 Å². The van der Waals surface area contributed by atoms with Crippen LogP contribution in [0.25, 0.3) is 0 Å². The molecule has 1 aromatic heterocycles. The van der Waals surface area contributed by atoms with Crippen LogP contribution in [-0.2, 0) is 0 Å². The van der Waals surface area contributed by atoms with Crippen LogP contribution in [0.1, 0.15) is 19.3 Å². The van der Waals surface area contributed by atoms with Gasteiger partial charge in [-0.3, -0.25) is 4.90 Å². The van der Waals surface area contributed by atoms with E-state index in [4.69, 9.17) is 4.74 Å². The van der Waals surface area contributed by atoms with Gasteiger partial charge in [-0.25, -0.2) is 9.37 Å². The van der Waals surface area contributed by atoms with Crippen LogP contribution in [-0.4, -0.2) is 41.3 Å². The average Bonchev–Trinajstić information content (AvgIpc) is 2.84. The molecule has 3 rings (SSSR count). The first-order chi connectivity index (χ1) is 8.28. The van der Waals surface area contributed by atoms with Crippen LogP contribution in [0.15, 0.2) is 24.4 Å². The van der Waals surface area contributed by atoms with Crippen molar-refractivity contribution in [3.63, 3.8) is 0 Å². The summed E-state index contributed by atoms with van der Waals surface area (Å²) in [7, 11) is 0. The molecule has 0 spiro atoms. The van der Waals surface area contributed by atoms with E-state index in [0.717, 1.165) is 19.4 Å². The molecule has 2 aliphatic heterocycles. The molecule has 3 nitrogen and oxygen atoms in total. The fourth-order valence-electron chi connectivity index (χ4n) is 3.09. The number of ether oxygens (including phenoxy) is 1. The van der Waals surface area contributed by atoms with Crippen LogP contribution in [0.2, 0.25) is 0 Å². The van der Waals surface area contributed by atoms with Gasteiger partial charge in [-0.05, 0) is 25.5 Å². The van der Waals surface area contributed by atoms with Gasteiger partial charge >= 0.3 is 0 Å². The van der Waals surface area contributed by atoms with E-state index in [1.54, 1.807) is 6.20 Å². The number of fused-ring (bicyclic) bond motifs is 1. The van der Waals surface area contributed by atoms with E-state index in [0.29, 0.717) is 25.5 Å². The van der Waals surface area contributed by atoms with E-state index in [2.05, 4.69) is 9.88 Å². The Morgan fingerprint density at radius 2 is 2.47 bits per heavy atom. The number of rotatable bonds is 3. The topological polar surface area (TPSA) is 25.4 Å². The monoisotopic (exact) mass is 236 g/mol. The summed E-state index contributed by atoms with van der Waals surface area (Å²) in [5.74, 6) is 0.635. The summed E-state index contributed by atoms with van der Waals surface area (Å²) in [6.07, 6.45) is 3.83. The lowest BCUT2D eigenvalue weighted by molar-refractivity contribution is 0.110. The average molecular weight is 236 g/mol. The van der Waals surface area contributed by atoms with Gasteiger partial charge in [0.1, 0.15) is 12.8 Å². The molecule has 17 heavy (non-hydrogen) atoms. The quantitative estimate of drug-likeness (QED) is 0.803. The lowest BCUT2D eigenvalue weighted by atomic mass is 9.95. The molecule has 1 aromatic rings. The van der Waals surface area contributed by atoms with Crippen molar-refractivity contribution in [2.45, 2.75) is 31.0 Å². The van der Waals surface area contributed by atoms with E-state index in [1.807, 2.05) is 18.2 Å². The third-order valence-corrected chi connectivity index (χ3v) is 3.89. The minimum absolute atomic E-state index is 0.0725. The van der Waals surface area contributed by atoms with Crippen LogP contribution in [0.4, 0.5) is 4.39 Å². The van der Waals surface area contributed by atoms with Gasteiger partial charge in [-0.15, -0.1) is 0 Å². The van der Waals surface area contributed by atoms with Crippen molar-refractivity contribution in [2.75, 3.05) is 19.7 Å². The van der Waals surface area contributed by atoms with E-state index >= 15 is 0 Å². The molecule has 2 aliphatic rings. The summed E-state index contributed by atoms with van der Waals surface area (Å²) in [6.45, 7) is 2.14. The number of nitrogens with zero attached hydrogens (tertiary/aromatic N) is 2. The zero-order chi connectivity index (χ0) is 11.7. The van der Waals surface area contributed by atoms with Gasteiger partial charge in [0, 0.05) is 25.2 Å². The molecule has 0 saturated carbocycles. The van der Waals surface area contributed by atoms with Crippen LogP contribution < -0.4 is 4.74 Å². The normalized spacial score (nSPS) is 32.6. The second kappa shape index (κ2) is 4.26. The highest BCUT2D eigenvalue weighted by Crippen LogP contribution is 2.40. The second-order valence-electron chi connectivity index (χ2n) is 5.03. The molecule has 0 radical (unpaired) electrons. The zero-order valence-corrected chi connectivity index (χ0v) is 9.81. The van der Waals surface area contributed by atoms with Crippen molar-refractivity contribution in [3.05, 3.63) is 24.4 Å². The van der Waals surface area contributed by atoms with Crippen LogP contribution in [0, 0.1) is 0 Å². The molecule has 2 saturated heterocycles. The molecule has 0 aliphatic carbocycles. The molecule has 4 heteroatoms. The van der Waals surface area contributed by atoms with Crippen LogP contribution >= 0.6 is 0 Å². The molecule has 3 heterocycles. The molecule has 92 valence electrons. The molecular formula is C13H17FN2O. The minimum Gasteiger partial charge on any atom is -0.476 e. The number of alkyl halides is 1. The summed E-state index contributed by atoms with van der Waals surface area (Å²) in [4.78, 5) is 6.39. The summed E-state index contributed by atoms with van der Waals surface area (Å²) in [5, 5.41) is 0. The SMILES string of the molecule is F[C@H]1CN2CCC[C@@]2(COc2ccccn2)C1. The maximum atomic E-state index is 13.5. The van der Waals surface area contributed by atoms with E-state index < -0.39 is 6.17 Å². The van der Waals surface area contributed by atoms with Gasteiger partial charge in [0.2, 0.25) is 5.88 Å². The number of halogens is 1. The van der Waals surface area contributed by atoms with Gasteiger partial charge in [0.25, 0.3) is 0 Å². The highest BCUT2D eigenvalue weighted by molar-refractivity contribution is 5.11. The standard InChI is InChI=1S/C13H17FN2O/c14-11-8-13(5-3-7-16(13)9-11)10-17-12-4-1-2-6-15-12/h1-2,4,6,11H,3,5,7-10H2/t11-,13+/m1/s1. The maximum absolute atomic E-state index is 13.5. The van der Waals surface area contributed by atoms with Crippen LogP contribution in [0.5, 0.6) is 5.88 Å². The van der Waals surface area contributed by atoms with Gasteiger partial charge in [0.15, 0.2) is 0 Å². The van der Waals surface area contributed by atoms with Crippen molar-refractivity contribution in [1.82, 2.24) is 9.88 Å². The molecule has 0 bridgehead atoms. The molecular weight excluding hydrogens is 219 g/mol. The number of hydrogen-bond acceptors (Lipinski definition) is 3. The Morgan fingerprint density at radius 3 is 3.29 bits per heavy atom. The summed E-state index contributed by atoms with van der Waals surface area (Å²) >= 11 is 0. The third kappa shape index (κ3) is 2.02. The predicted molar refractivity (Wildman–Crippen MR) is 62.8 cm³/mol. The Labute approximate surface area is 101 Å².